The minimum absolute atomic E-state index is 0.404. The van der Waals surface area contributed by atoms with Gasteiger partial charge in [0.15, 0.2) is 0 Å². The van der Waals surface area contributed by atoms with Gasteiger partial charge in [-0.2, -0.15) is 0 Å². The van der Waals surface area contributed by atoms with E-state index in [1.54, 1.807) is 5.71 Å². The van der Waals surface area contributed by atoms with Gasteiger partial charge in [0.25, 0.3) is 0 Å². The van der Waals surface area contributed by atoms with Crippen molar-refractivity contribution in [2.45, 2.75) is 64.8 Å². The topological polar surface area (TPSA) is 12.4 Å². The Labute approximate surface area is 88.0 Å². The van der Waals surface area contributed by atoms with Gasteiger partial charge in [0.2, 0.25) is 0 Å². The summed E-state index contributed by atoms with van der Waals surface area (Å²) in [6.45, 7) is 7.00. The molecule has 1 heteroatoms. The molecule has 0 aromatic rings. The third-order valence-electron chi connectivity index (χ3n) is 4.17. The Kier molecular flexibility index (Phi) is 2.68. The Balaban J connectivity index is 1.82. The highest BCUT2D eigenvalue weighted by atomic mass is 15.0. The molecule has 1 heterocycles. The maximum Gasteiger partial charge on any atom is 0.0983 e. The van der Waals surface area contributed by atoms with E-state index in [0.29, 0.717) is 5.54 Å². The molecule has 80 valence electrons. The molecular weight excluding hydrogens is 170 g/mol. The first-order chi connectivity index (χ1) is 6.64. The zero-order chi connectivity index (χ0) is 10.2. The molecule has 0 aromatic carbocycles. The number of nitrogens with zero attached hydrogens (tertiary/aromatic N) is 1. The van der Waals surface area contributed by atoms with E-state index in [9.17, 15) is 0 Å². The summed E-state index contributed by atoms with van der Waals surface area (Å²) < 4.78 is 0. The quantitative estimate of drug-likeness (QED) is 0.646. The van der Waals surface area contributed by atoms with Crippen LogP contribution >= 0.6 is 0 Å². The Morgan fingerprint density at radius 3 is 2.36 bits per heavy atom. The molecule has 1 saturated carbocycles. The van der Waals surface area contributed by atoms with E-state index in [-0.39, 0.29) is 0 Å². The highest BCUT2D eigenvalue weighted by Gasteiger charge is 2.46. The van der Waals surface area contributed by atoms with E-state index in [1.165, 1.54) is 38.5 Å². The summed E-state index contributed by atoms with van der Waals surface area (Å²) in [6, 6.07) is 0. The second-order valence-corrected chi connectivity index (χ2v) is 5.58. The summed E-state index contributed by atoms with van der Waals surface area (Å²) >= 11 is 0. The Morgan fingerprint density at radius 1 is 1.14 bits per heavy atom. The maximum absolute atomic E-state index is 4.78. The van der Waals surface area contributed by atoms with Gasteiger partial charge in [0.1, 0.15) is 0 Å². The molecule has 2 aliphatic rings. The van der Waals surface area contributed by atoms with Crippen molar-refractivity contribution in [3.05, 3.63) is 0 Å². The fraction of sp³-hybridized carbons (Fsp3) is 0.923. The molecule has 2 rings (SSSR count). The van der Waals surface area contributed by atoms with Crippen molar-refractivity contribution in [2.75, 3.05) is 0 Å². The van der Waals surface area contributed by atoms with E-state index in [4.69, 9.17) is 4.99 Å². The summed E-state index contributed by atoms with van der Waals surface area (Å²) in [4.78, 5) is 4.78. The molecule has 0 N–H and O–H groups in total. The van der Waals surface area contributed by atoms with Gasteiger partial charge < -0.3 is 0 Å². The SMILES string of the molecule is CC(C)C(C)CC1=NC12CCCCC2. The van der Waals surface area contributed by atoms with Crippen LogP contribution in [0.5, 0.6) is 0 Å². The van der Waals surface area contributed by atoms with Gasteiger partial charge in [-0.3, -0.25) is 4.99 Å². The van der Waals surface area contributed by atoms with Crippen molar-refractivity contribution in [1.29, 1.82) is 0 Å². The van der Waals surface area contributed by atoms with Gasteiger partial charge in [0.05, 0.1) is 5.54 Å². The lowest BCUT2D eigenvalue weighted by atomic mass is 9.81. The van der Waals surface area contributed by atoms with E-state index >= 15 is 0 Å². The molecule has 14 heavy (non-hydrogen) atoms. The van der Waals surface area contributed by atoms with Crippen LogP contribution in [0.4, 0.5) is 0 Å². The summed E-state index contributed by atoms with van der Waals surface area (Å²) in [7, 11) is 0. The van der Waals surface area contributed by atoms with Crippen LogP contribution in [0.2, 0.25) is 0 Å². The van der Waals surface area contributed by atoms with Crippen LogP contribution in [0.25, 0.3) is 0 Å². The number of hydrogen-bond donors (Lipinski definition) is 0. The van der Waals surface area contributed by atoms with Crippen LogP contribution in [0.1, 0.15) is 59.3 Å². The lowest BCUT2D eigenvalue weighted by molar-refractivity contribution is 0.408. The fourth-order valence-electron chi connectivity index (χ4n) is 2.54. The van der Waals surface area contributed by atoms with Crippen molar-refractivity contribution in [1.82, 2.24) is 0 Å². The van der Waals surface area contributed by atoms with E-state index in [1.807, 2.05) is 0 Å². The summed E-state index contributed by atoms with van der Waals surface area (Å²) in [5, 5.41) is 0. The van der Waals surface area contributed by atoms with E-state index < -0.39 is 0 Å². The lowest BCUT2D eigenvalue weighted by Gasteiger charge is -2.22. The van der Waals surface area contributed by atoms with Crippen LogP contribution in [-0.4, -0.2) is 11.3 Å². The largest absolute Gasteiger partial charge is 0.279 e. The first-order valence-electron chi connectivity index (χ1n) is 6.23. The molecule has 0 aromatic heterocycles. The highest BCUT2D eigenvalue weighted by Crippen LogP contribution is 2.44. The molecule has 1 aliphatic heterocycles. The van der Waals surface area contributed by atoms with Crippen LogP contribution in [0, 0.1) is 11.8 Å². The molecule has 1 nitrogen and oxygen atoms in total. The predicted octanol–water partition coefficient (Wildman–Crippen LogP) is 3.83. The smallest absolute Gasteiger partial charge is 0.0983 e. The molecule has 1 fully saturated rings. The van der Waals surface area contributed by atoms with Crippen molar-refractivity contribution in [2.24, 2.45) is 16.8 Å². The van der Waals surface area contributed by atoms with Crippen LogP contribution in [0.3, 0.4) is 0 Å². The van der Waals surface area contributed by atoms with Gasteiger partial charge in [-0.25, -0.2) is 0 Å². The van der Waals surface area contributed by atoms with Crippen molar-refractivity contribution in [3.8, 4) is 0 Å². The van der Waals surface area contributed by atoms with E-state index in [0.717, 1.165) is 11.8 Å². The zero-order valence-corrected chi connectivity index (χ0v) is 9.84. The molecule has 1 aliphatic carbocycles. The monoisotopic (exact) mass is 193 g/mol. The van der Waals surface area contributed by atoms with Gasteiger partial charge in [-0.15, -0.1) is 0 Å². The Bertz CT molecular complexity index is 234. The molecule has 1 spiro atoms. The highest BCUT2D eigenvalue weighted by molar-refractivity contribution is 6.05. The van der Waals surface area contributed by atoms with Gasteiger partial charge in [-0.1, -0.05) is 40.0 Å². The molecule has 0 bridgehead atoms. The normalized spacial score (nSPS) is 26.4. The van der Waals surface area contributed by atoms with Crippen LogP contribution in [0.15, 0.2) is 4.99 Å². The van der Waals surface area contributed by atoms with E-state index in [2.05, 4.69) is 20.8 Å². The Hall–Kier alpha value is -0.330. The maximum atomic E-state index is 4.78. The first-order valence-corrected chi connectivity index (χ1v) is 6.23. The number of rotatable bonds is 3. The summed E-state index contributed by atoms with van der Waals surface area (Å²) in [5.74, 6) is 1.62. The molecule has 1 unspecified atom stereocenters. The first kappa shape index (κ1) is 10.2. The molecule has 1 atom stereocenters. The molecule has 0 amide bonds. The second-order valence-electron chi connectivity index (χ2n) is 5.58. The van der Waals surface area contributed by atoms with Gasteiger partial charge in [0, 0.05) is 5.71 Å². The zero-order valence-electron chi connectivity index (χ0n) is 9.84. The van der Waals surface area contributed by atoms with Gasteiger partial charge in [-0.05, 0) is 31.1 Å². The van der Waals surface area contributed by atoms with Crippen molar-refractivity contribution in [3.63, 3.8) is 0 Å². The van der Waals surface area contributed by atoms with Crippen LogP contribution in [-0.2, 0) is 0 Å². The minimum atomic E-state index is 0.404. The predicted molar refractivity (Wildman–Crippen MR) is 61.9 cm³/mol. The number of aliphatic imine (C=N–C) groups is 1. The molecule has 0 radical (unpaired) electrons. The minimum Gasteiger partial charge on any atom is -0.279 e. The third kappa shape index (κ3) is 1.87. The lowest BCUT2D eigenvalue weighted by Crippen LogP contribution is -2.24. The third-order valence-corrected chi connectivity index (χ3v) is 4.17. The summed E-state index contributed by atoms with van der Waals surface area (Å²) in [5.41, 5.74) is 1.96. The van der Waals surface area contributed by atoms with Gasteiger partial charge >= 0.3 is 0 Å². The molecule has 0 saturated heterocycles. The van der Waals surface area contributed by atoms with Crippen molar-refractivity contribution < 1.29 is 0 Å². The Morgan fingerprint density at radius 2 is 1.79 bits per heavy atom. The number of hydrogen-bond acceptors (Lipinski definition) is 1. The second kappa shape index (κ2) is 3.67. The fourth-order valence-corrected chi connectivity index (χ4v) is 2.54. The van der Waals surface area contributed by atoms with Crippen LogP contribution < -0.4 is 0 Å². The summed E-state index contributed by atoms with van der Waals surface area (Å²) in [6.07, 6.45) is 8.22. The average Bonchev–Trinajstić information content (AvgIpc) is 2.79. The molecular formula is C13H23N. The standard InChI is InChI=1S/C13H23N/c1-10(2)11(3)9-12-13(14-12)7-5-4-6-8-13/h10-11H,4-9H2,1-3H3. The van der Waals surface area contributed by atoms with Crippen molar-refractivity contribution >= 4 is 5.71 Å². The average molecular weight is 193 g/mol.